The van der Waals surface area contributed by atoms with Gasteiger partial charge in [0.2, 0.25) is 0 Å². The summed E-state index contributed by atoms with van der Waals surface area (Å²) in [6.07, 6.45) is 4.09. The van der Waals surface area contributed by atoms with Gasteiger partial charge in [0, 0.05) is 17.1 Å². The molecule has 7 aromatic carbocycles. The van der Waals surface area contributed by atoms with E-state index in [-0.39, 0.29) is 0 Å². The number of fused-ring (bicyclic) bond motifs is 10. The average Bonchev–Trinajstić information content (AvgIpc) is 3.65. The Balaban J connectivity index is 1.30. The minimum Gasteiger partial charge on any atom is -0.310 e. The molecular weight excluding hydrogens is 603 g/mol. The minimum atomic E-state index is -0.432. The molecule has 0 N–H and O–H groups in total. The Labute approximate surface area is 294 Å². The first-order chi connectivity index (χ1) is 24.7. The van der Waals surface area contributed by atoms with E-state index in [0.29, 0.717) is 0 Å². The normalized spacial score (nSPS) is 13.2. The number of rotatable bonds is 7. The summed E-state index contributed by atoms with van der Waals surface area (Å²) >= 11 is 0. The van der Waals surface area contributed by atoms with Gasteiger partial charge in [0.05, 0.1) is 5.41 Å². The number of allylic oxidation sites excluding steroid dienone is 3. The highest BCUT2D eigenvalue weighted by Crippen LogP contribution is 2.63. The van der Waals surface area contributed by atoms with Crippen molar-refractivity contribution in [3.05, 3.63) is 235 Å². The molecule has 0 saturated heterocycles. The molecule has 0 fully saturated rings. The van der Waals surface area contributed by atoms with Crippen LogP contribution in [0.25, 0.3) is 39.0 Å². The minimum absolute atomic E-state index is 0.432. The Bertz CT molecular complexity index is 2400. The maximum absolute atomic E-state index is 4.49. The molecule has 2 aliphatic carbocycles. The summed E-state index contributed by atoms with van der Waals surface area (Å²) in [5.74, 6) is 0. The zero-order valence-electron chi connectivity index (χ0n) is 27.8. The monoisotopic (exact) mass is 637 g/mol. The van der Waals surface area contributed by atoms with E-state index in [9.17, 15) is 0 Å². The summed E-state index contributed by atoms with van der Waals surface area (Å²) in [4.78, 5) is 2.33. The van der Waals surface area contributed by atoms with Crippen molar-refractivity contribution in [2.75, 3.05) is 4.90 Å². The van der Waals surface area contributed by atoms with Crippen molar-refractivity contribution in [3.8, 4) is 33.4 Å². The van der Waals surface area contributed by atoms with Crippen LogP contribution in [0.5, 0.6) is 0 Å². The third kappa shape index (κ3) is 4.48. The summed E-state index contributed by atoms with van der Waals surface area (Å²) in [5, 5.41) is 0. The fourth-order valence-corrected chi connectivity index (χ4v) is 8.25. The molecule has 9 rings (SSSR count). The second-order valence-electron chi connectivity index (χ2n) is 13.0. The maximum atomic E-state index is 4.49. The molecule has 7 aromatic rings. The van der Waals surface area contributed by atoms with Gasteiger partial charge >= 0.3 is 0 Å². The molecule has 0 unspecified atom stereocenters. The molecule has 1 spiro atoms. The van der Waals surface area contributed by atoms with Crippen LogP contribution >= 0.6 is 0 Å². The van der Waals surface area contributed by atoms with Crippen LogP contribution in [0.15, 0.2) is 207 Å². The van der Waals surface area contributed by atoms with Crippen molar-refractivity contribution >= 4 is 16.9 Å². The number of hydrogen-bond donors (Lipinski definition) is 0. The number of benzene rings is 7. The first-order valence-corrected chi connectivity index (χ1v) is 17.2. The molecule has 0 atom stereocenters. The lowest BCUT2D eigenvalue weighted by atomic mass is 9.70. The third-order valence-corrected chi connectivity index (χ3v) is 10.4. The Kier molecular flexibility index (Phi) is 7.07. The summed E-state index contributed by atoms with van der Waals surface area (Å²) in [6, 6.07) is 63.6. The number of hydrogen-bond acceptors (Lipinski definition) is 1. The second-order valence-corrected chi connectivity index (χ2v) is 13.0. The lowest BCUT2D eigenvalue weighted by Gasteiger charge is -2.32. The smallest absolute Gasteiger partial charge is 0.0726 e. The number of anilines is 2. The SMILES string of the molecule is C=C/C(=C\C(=C)c1ccccc1)N(c1cccc(-c2ccccc2)c1)c1ccc2c(c1)C1(c3ccccc3-c3ccccc31)c1ccccc1-2. The van der Waals surface area contributed by atoms with Crippen molar-refractivity contribution in [1.29, 1.82) is 0 Å². The zero-order valence-corrected chi connectivity index (χ0v) is 27.8. The molecule has 236 valence electrons. The van der Waals surface area contributed by atoms with Gasteiger partial charge in [0.1, 0.15) is 0 Å². The highest BCUT2D eigenvalue weighted by atomic mass is 15.1. The predicted molar refractivity (Wildman–Crippen MR) is 211 cm³/mol. The van der Waals surface area contributed by atoms with Crippen LogP contribution in [-0.4, -0.2) is 0 Å². The molecule has 1 nitrogen and oxygen atoms in total. The van der Waals surface area contributed by atoms with Crippen LogP contribution in [0, 0.1) is 0 Å². The van der Waals surface area contributed by atoms with E-state index < -0.39 is 5.41 Å². The summed E-state index contributed by atoms with van der Waals surface area (Å²) in [7, 11) is 0. The molecule has 50 heavy (non-hydrogen) atoms. The molecule has 0 saturated carbocycles. The van der Waals surface area contributed by atoms with E-state index in [1.807, 2.05) is 12.1 Å². The van der Waals surface area contributed by atoms with Crippen LogP contribution in [0.1, 0.15) is 27.8 Å². The quantitative estimate of drug-likeness (QED) is 0.157. The van der Waals surface area contributed by atoms with Gasteiger partial charge in [-0.2, -0.15) is 0 Å². The third-order valence-electron chi connectivity index (χ3n) is 10.4. The average molecular weight is 638 g/mol. The first-order valence-electron chi connectivity index (χ1n) is 17.2. The van der Waals surface area contributed by atoms with E-state index in [4.69, 9.17) is 0 Å². The highest BCUT2D eigenvalue weighted by Gasteiger charge is 2.51. The van der Waals surface area contributed by atoms with E-state index in [1.165, 1.54) is 50.1 Å². The zero-order chi connectivity index (χ0) is 33.7. The highest BCUT2D eigenvalue weighted by molar-refractivity contribution is 5.96. The Morgan fingerprint density at radius 1 is 0.460 bits per heavy atom. The topological polar surface area (TPSA) is 3.24 Å². The van der Waals surface area contributed by atoms with Crippen LogP contribution in [0.4, 0.5) is 11.4 Å². The maximum Gasteiger partial charge on any atom is 0.0726 e. The molecule has 0 radical (unpaired) electrons. The van der Waals surface area contributed by atoms with Crippen molar-refractivity contribution in [1.82, 2.24) is 0 Å². The molecule has 1 heteroatoms. The molecule has 0 heterocycles. The Morgan fingerprint density at radius 3 is 1.56 bits per heavy atom. The van der Waals surface area contributed by atoms with Crippen LogP contribution in [0.3, 0.4) is 0 Å². The molecule has 0 bridgehead atoms. The summed E-state index contributed by atoms with van der Waals surface area (Å²) in [6.45, 7) is 8.83. The first kappa shape index (κ1) is 29.7. The predicted octanol–water partition coefficient (Wildman–Crippen LogP) is 12.6. The lowest BCUT2D eigenvalue weighted by Crippen LogP contribution is -2.26. The largest absolute Gasteiger partial charge is 0.310 e. The van der Waals surface area contributed by atoms with Gasteiger partial charge in [-0.05, 0) is 103 Å². The van der Waals surface area contributed by atoms with E-state index in [1.54, 1.807) is 0 Å². The second kappa shape index (κ2) is 11.9. The Hall–Kier alpha value is -6.44. The molecule has 2 aliphatic rings. The van der Waals surface area contributed by atoms with Gasteiger partial charge in [0.25, 0.3) is 0 Å². The molecular formula is C49H35N. The molecule has 0 amide bonds. The van der Waals surface area contributed by atoms with Gasteiger partial charge in [-0.25, -0.2) is 0 Å². The number of nitrogens with zero attached hydrogens (tertiary/aromatic N) is 1. The van der Waals surface area contributed by atoms with Crippen LogP contribution < -0.4 is 4.90 Å². The molecule has 0 aromatic heterocycles. The van der Waals surface area contributed by atoms with E-state index >= 15 is 0 Å². The summed E-state index contributed by atoms with van der Waals surface area (Å²) < 4.78 is 0. The van der Waals surface area contributed by atoms with Crippen molar-refractivity contribution < 1.29 is 0 Å². The van der Waals surface area contributed by atoms with Gasteiger partial charge in [0.15, 0.2) is 0 Å². The van der Waals surface area contributed by atoms with Crippen molar-refractivity contribution in [2.45, 2.75) is 5.41 Å². The van der Waals surface area contributed by atoms with Gasteiger partial charge in [-0.15, -0.1) is 0 Å². The summed E-state index contributed by atoms with van der Waals surface area (Å²) in [5.41, 5.74) is 17.4. The van der Waals surface area contributed by atoms with Crippen molar-refractivity contribution in [2.24, 2.45) is 0 Å². The van der Waals surface area contributed by atoms with Gasteiger partial charge < -0.3 is 4.90 Å². The standard InChI is InChI=1S/C49H35N/c1-3-38(31-34(2)35-17-6-4-7-18-35)50(39-22-16-21-37(32-39)36-19-8-5-9-20-36)40-29-30-44-43-25-12-15-28-47(43)49(48(44)33-40)45-26-13-10-23-41(45)42-24-11-14-27-46(42)49/h3-33H,1-2H2/b38-31+. The van der Waals surface area contributed by atoms with E-state index in [2.05, 4.69) is 194 Å². The fraction of sp³-hybridized carbons (Fsp3) is 0.0204. The molecule has 0 aliphatic heterocycles. The van der Waals surface area contributed by atoms with Gasteiger partial charge in [-0.1, -0.05) is 165 Å². The fourth-order valence-electron chi connectivity index (χ4n) is 8.25. The van der Waals surface area contributed by atoms with Crippen molar-refractivity contribution in [3.63, 3.8) is 0 Å². The van der Waals surface area contributed by atoms with Crippen LogP contribution in [0.2, 0.25) is 0 Å². The van der Waals surface area contributed by atoms with Gasteiger partial charge in [-0.3, -0.25) is 0 Å². The Morgan fingerprint density at radius 2 is 0.960 bits per heavy atom. The van der Waals surface area contributed by atoms with E-state index in [0.717, 1.165) is 33.8 Å². The van der Waals surface area contributed by atoms with Crippen LogP contribution in [-0.2, 0) is 5.41 Å². The lowest BCUT2D eigenvalue weighted by molar-refractivity contribution is 0.793.